The number of nitrogens with one attached hydrogen (secondary N) is 1. The molecule has 3 rings (SSSR count). The Morgan fingerprint density at radius 3 is 2.57 bits per heavy atom. The van der Waals surface area contributed by atoms with Gasteiger partial charge in [0.25, 0.3) is 5.91 Å². The monoisotopic (exact) mass is 312 g/mol. The highest BCUT2D eigenvalue weighted by molar-refractivity contribution is 5.96. The van der Waals surface area contributed by atoms with E-state index in [0.717, 1.165) is 5.69 Å². The van der Waals surface area contributed by atoms with Gasteiger partial charge in [-0.05, 0) is 24.3 Å². The average molecular weight is 312 g/mol. The van der Waals surface area contributed by atoms with Gasteiger partial charge in [-0.1, -0.05) is 30.3 Å². The highest BCUT2D eigenvalue weighted by atomic mass is 19.1. The van der Waals surface area contributed by atoms with Crippen LogP contribution in [0.15, 0.2) is 54.6 Å². The molecule has 5 heteroatoms. The Morgan fingerprint density at radius 2 is 1.83 bits per heavy atom. The van der Waals surface area contributed by atoms with E-state index in [1.54, 1.807) is 17.0 Å². The van der Waals surface area contributed by atoms with E-state index in [1.165, 1.54) is 12.1 Å². The topological polar surface area (TPSA) is 49.4 Å². The summed E-state index contributed by atoms with van der Waals surface area (Å²) in [5, 5.41) is 2.72. The molecule has 4 nitrogen and oxygen atoms in total. The average Bonchev–Trinajstić information content (AvgIpc) is 2.95. The molecule has 0 spiro atoms. The van der Waals surface area contributed by atoms with Crippen LogP contribution in [0.3, 0.4) is 0 Å². The molecule has 2 aromatic rings. The van der Waals surface area contributed by atoms with Crippen LogP contribution in [-0.2, 0) is 4.79 Å². The van der Waals surface area contributed by atoms with Crippen molar-refractivity contribution in [1.29, 1.82) is 0 Å². The molecule has 1 heterocycles. The van der Waals surface area contributed by atoms with Gasteiger partial charge in [-0.3, -0.25) is 9.59 Å². The molecule has 23 heavy (non-hydrogen) atoms. The zero-order chi connectivity index (χ0) is 16.2. The first-order chi connectivity index (χ1) is 11.1. The third kappa shape index (κ3) is 3.39. The summed E-state index contributed by atoms with van der Waals surface area (Å²) in [6, 6.07) is 15.3. The van der Waals surface area contributed by atoms with E-state index in [9.17, 15) is 14.0 Å². The fourth-order valence-corrected chi connectivity index (χ4v) is 2.75. The number of anilines is 1. The van der Waals surface area contributed by atoms with Crippen molar-refractivity contribution in [3.8, 4) is 0 Å². The van der Waals surface area contributed by atoms with Crippen molar-refractivity contribution in [2.24, 2.45) is 5.92 Å². The minimum atomic E-state index is -0.543. The number of carbonyl (C=O) groups excluding carboxylic acids is 2. The maximum atomic E-state index is 13.6. The summed E-state index contributed by atoms with van der Waals surface area (Å²) in [5.41, 5.74) is 0.886. The van der Waals surface area contributed by atoms with Crippen molar-refractivity contribution >= 4 is 17.5 Å². The molecule has 1 aliphatic rings. The summed E-state index contributed by atoms with van der Waals surface area (Å²) >= 11 is 0. The number of hydrogen-bond donors (Lipinski definition) is 1. The molecule has 2 amide bonds. The van der Waals surface area contributed by atoms with Gasteiger partial charge in [0, 0.05) is 31.1 Å². The predicted molar refractivity (Wildman–Crippen MR) is 85.6 cm³/mol. The first-order valence-electron chi connectivity index (χ1n) is 7.53. The summed E-state index contributed by atoms with van der Waals surface area (Å²) in [4.78, 5) is 25.8. The van der Waals surface area contributed by atoms with E-state index < -0.39 is 11.7 Å². The summed E-state index contributed by atoms with van der Waals surface area (Å²) in [6.45, 7) is 0.905. The zero-order valence-electron chi connectivity index (χ0n) is 12.5. The highest BCUT2D eigenvalue weighted by Gasteiger charge is 2.30. The van der Waals surface area contributed by atoms with Crippen LogP contribution in [0.5, 0.6) is 0 Å². The van der Waals surface area contributed by atoms with Gasteiger partial charge in [0.05, 0.1) is 5.56 Å². The van der Waals surface area contributed by atoms with Crippen LogP contribution >= 0.6 is 0 Å². The second kappa shape index (κ2) is 6.60. The number of nitrogens with zero attached hydrogens (tertiary/aromatic N) is 1. The molecule has 1 fully saturated rings. The molecule has 1 atom stereocenters. The Kier molecular flexibility index (Phi) is 4.37. The Bertz CT molecular complexity index is 718. The van der Waals surface area contributed by atoms with E-state index in [2.05, 4.69) is 5.32 Å². The molecule has 0 unspecified atom stereocenters. The first kappa shape index (κ1) is 15.2. The molecule has 1 saturated heterocycles. The second-order valence-electron chi connectivity index (χ2n) is 5.60. The third-order valence-corrected chi connectivity index (χ3v) is 3.94. The van der Waals surface area contributed by atoms with Gasteiger partial charge in [-0.25, -0.2) is 4.39 Å². The van der Waals surface area contributed by atoms with E-state index >= 15 is 0 Å². The van der Waals surface area contributed by atoms with Crippen LogP contribution in [0.2, 0.25) is 0 Å². The van der Waals surface area contributed by atoms with E-state index in [1.807, 2.05) is 30.3 Å². The summed E-state index contributed by atoms with van der Waals surface area (Å²) in [7, 11) is 0. The number of amides is 2. The SMILES string of the molecule is O=C(NC[C@H]1CC(=O)N(c2ccccc2)C1)c1ccccc1F. The maximum Gasteiger partial charge on any atom is 0.254 e. The Balaban J connectivity index is 1.59. The predicted octanol–water partition coefficient (Wildman–Crippen LogP) is 2.61. The maximum absolute atomic E-state index is 13.6. The van der Waals surface area contributed by atoms with Crippen molar-refractivity contribution in [3.63, 3.8) is 0 Å². The number of halogens is 1. The van der Waals surface area contributed by atoms with Gasteiger partial charge in [0.2, 0.25) is 5.91 Å². The molecule has 0 aliphatic carbocycles. The fraction of sp³-hybridized carbons (Fsp3) is 0.222. The van der Waals surface area contributed by atoms with Gasteiger partial charge in [0.15, 0.2) is 0 Å². The molecule has 2 aromatic carbocycles. The molecular formula is C18H17FN2O2. The molecule has 0 saturated carbocycles. The van der Waals surface area contributed by atoms with Crippen LogP contribution < -0.4 is 10.2 Å². The lowest BCUT2D eigenvalue weighted by atomic mass is 10.1. The number of hydrogen-bond acceptors (Lipinski definition) is 2. The minimum absolute atomic E-state index is 0.0248. The molecular weight excluding hydrogens is 295 g/mol. The number of carbonyl (C=O) groups is 2. The lowest BCUT2D eigenvalue weighted by molar-refractivity contribution is -0.117. The second-order valence-corrected chi connectivity index (χ2v) is 5.60. The van der Waals surface area contributed by atoms with Crippen LogP contribution in [-0.4, -0.2) is 24.9 Å². The molecule has 0 bridgehead atoms. The quantitative estimate of drug-likeness (QED) is 0.943. The van der Waals surface area contributed by atoms with Gasteiger partial charge < -0.3 is 10.2 Å². The van der Waals surface area contributed by atoms with Crippen molar-refractivity contribution < 1.29 is 14.0 Å². The summed E-state index contributed by atoms with van der Waals surface area (Å²) < 4.78 is 13.6. The van der Waals surface area contributed by atoms with Crippen LogP contribution in [0.25, 0.3) is 0 Å². The molecule has 118 valence electrons. The van der Waals surface area contributed by atoms with Gasteiger partial charge >= 0.3 is 0 Å². The van der Waals surface area contributed by atoms with E-state index in [0.29, 0.717) is 19.5 Å². The first-order valence-corrected chi connectivity index (χ1v) is 7.53. The number of benzene rings is 2. The lowest BCUT2D eigenvalue weighted by Crippen LogP contribution is -2.31. The van der Waals surface area contributed by atoms with Gasteiger partial charge in [0.1, 0.15) is 5.82 Å². The normalized spacial score (nSPS) is 17.3. The van der Waals surface area contributed by atoms with E-state index in [4.69, 9.17) is 0 Å². The zero-order valence-corrected chi connectivity index (χ0v) is 12.5. The van der Waals surface area contributed by atoms with Gasteiger partial charge in [-0.2, -0.15) is 0 Å². The van der Waals surface area contributed by atoms with Crippen LogP contribution in [0, 0.1) is 11.7 Å². The highest BCUT2D eigenvalue weighted by Crippen LogP contribution is 2.24. The standard InChI is InChI=1S/C18H17FN2O2/c19-16-9-5-4-8-15(16)18(23)20-11-13-10-17(22)21(12-13)14-6-2-1-3-7-14/h1-9,13H,10-12H2,(H,20,23)/t13-/m1/s1. The summed E-state index contributed by atoms with van der Waals surface area (Å²) in [5.74, 6) is -0.924. The van der Waals surface area contributed by atoms with Crippen molar-refractivity contribution in [1.82, 2.24) is 5.32 Å². The van der Waals surface area contributed by atoms with Crippen molar-refractivity contribution in [3.05, 3.63) is 66.0 Å². The van der Waals surface area contributed by atoms with Crippen molar-refractivity contribution in [2.75, 3.05) is 18.0 Å². The minimum Gasteiger partial charge on any atom is -0.352 e. The third-order valence-electron chi connectivity index (χ3n) is 3.94. The number of para-hydroxylation sites is 1. The van der Waals surface area contributed by atoms with E-state index in [-0.39, 0.29) is 17.4 Å². The molecule has 1 N–H and O–H groups in total. The molecule has 0 radical (unpaired) electrons. The Morgan fingerprint density at radius 1 is 1.13 bits per heavy atom. The molecule has 0 aromatic heterocycles. The van der Waals surface area contributed by atoms with Crippen LogP contribution in [0.4, 0.5) is 10.1 Å². The molecule has 1 aliphatic heterocycles. The van der Waals surface area contributed by atoms with Gasteiger partial charge in [-0.15, -0.1) is 0 Å². The smallest absolute Gasteiger partial charge is 0.254 e. The van der Waals surface area contributed by atoms with Crippen molar-refractivity contribution in [2.45, 2.75) is 6.42 Å². The van der Waals surface area contributed by atoms with Crippen LogP contribution in [0.1, 0.15) is 16.8 Å². The number of rotatable bonds is 4. The fourth-order valence-electron chi connectivity index (χ4n) is 2.75. The Hall–Kier alpha value is -2.69. The largest absolute Gasteiger partial charge is 0.352 e. The lowest BCUT2D eigenvalue weighted by Gasteiger charge is -2.16. The Labute approximate surface area is 133 Å². The summed E-state index contributed by atoms with van der Waals surface area (Å²) in [6.07, 6.45) is 0.381.